The van der Waals surface area contributed by atoms with Crippen molar-refractivity contribution >= 4 is 26.3 Å². The van der Waals surface area contributed by atoms with E-state index in [0.717, 1.165) is 31.6 Å². The molecular formula is C8H14N2O5S2. The van der Waals surface area contributed by atoms with Crippen molar-refractivity contribution < 1.29 is 21.6 Å². The van der Waals surface area contributed by atoms with Gasteiger partial charge in [-0.05, 0) is 12.8 Å². The van der Waals surface area contributed by atoms with Crippen LogP contribution in [0.4, 0.5) is 0 Å². The number of isocyanates is 1. The molecule has 0 aromatic rings. The Bertz CT molecular complexity index is 512. The second-order valence-electron chi connectivity index (χ2n) is 3.94. The molecule has 0 radical (unpaired) electrons. The highest BCUT2D eigenvalue weighted by atomic mass is 32.3. The first-order valence-corrected chi connectivity index (χ1v) is 8.37. The lowest BCUT2D eigenvalue weighted by Gasteiger charge is -2.29. The van der Waals surface area contributed by atoms with E-state index in [-0.39, 0.29) is 0 Å². The van der Waals surface area contributed by atoms with E-state index >= 15 is 0 Å². The molecule has 0 aromatic heterocycles. The lowest BCUT2D eigenvalue weighted by Crippen LogP contribution is -2.43. The third kappa shape index (κ3) is 3.60. The fourth-order valence-corrected chi connectivity index (χ4v) is 4.99. The van der Waals surface area contributed by atoms with E-state index in [1.165, 1.54) is 0 Å². The highest BCUT2D eigenvalue weighted by Gasteiger charge is 2.38. The Morgan fingerprint density at radius 2 is 1.65 bits per heavy atom. The van der Waals surface area contributed by atoms with E-state index < -0.39 is 26.3 Å². The molecule has 0 amide bonds. The minimum Gasteiger partial charge on any atom is -0.211 e. The topological polar surface area (TPSA) is 101 Å². The Labute approximate surface area is 101 Å². The van der Waals surface area contributed by atoms with Gasteiger partial charge in [0.15, 0.2) is 0 Å². The highest BCUT2D eigenvalue weighted by molar-refractivity contribution is 8.03. The van der Waals surface area contributed by atoms with Gasteiger partial charge in [-0.3, -0.25) is 0 Å². The summed E-state index contributed by atoms with van der Waals surface area (Å²) in [5.41, 5.74) is 0. The van der Waals surface area contributed by atoms with Crippen molar-refractivity contribution in [2.75, 3.05) is 6.26 Å². The van der Waals surface area contributed by atoms with Gasteiger partial charge < -0.3 is 0 Å². The van der Waals surface area contributed by atoms with Crippen LogP contribution in [0.2, 0.25) is 0 Å². The Morgan fingerprint density at radius 3 is 2.06 bits per heavy atom. The van der Waals surface area contributed by atoms with E-state index in [1.54, 1.807) is 0 Å². The zero-order valence-electron chi connectivity index (χ0n) is 9.37. The summed E-state index contributed by atoms with van der Waals surface area (Å²) < 4.78 is 49.2. The van der Waals surface area contributed by atoms with Gasteiger partial charge in [0.1, 0.15) is 0 Å². The third-order valence-electron chi connectivity index (χ3n) is 2.58. The Hall–Kier alpha value is -0.760. The predicted octanol–water partition coefficient (Wildman–Crippen LogP) is 0.161. The van der Waals surface area contributed by atoms with Crippen molar-refractivity contribution in [3.8, 4) is 0 Å². The molecular weight excluding hydrogens is 268 g/mol. The lowest BCUT2D eigenvalue weighted by atomic mass is 9.96. The van der Waals surface area contributed by atoms with Gasteiger partial charge >= 0.3 is 10.2 Å². The highest BCUT2D eigenvalue weighted by Crippen LogP contribution is 2.27. The molecule has 1 fully saturated rings. The van der Waals surface area contributed by atoms with Crippen LogP contribution in [0.25, 0.3) is 0 Å². The Balaban J connectivity index is 3.17. The summed E-state index contributed by atoms with van der Waals surface area (Å²) in [7, 11) is -8.45. The smallest absolute Gasteiger partial charge is 0.211 e. The van der Waals surface area contributed by atoms with E-state index in [1.807, 2.05) is 0 Å². The minimum atomic E-state index is -4.48. The largest absolute Gasteiger partial charge is 0.346 e. The molecule has 0 heterocycles. The summed E-state index contributed by atoms with van der Waals surface area (Å²) in [5.74, 6) is 0. The summed E-state index contributed by atoms with van der Waals surface area (Å²) in [6.07, 6.45) is 5.06. The molecule has 7 nitrogen and oxygen atoms in total. The monoisotopic (exact) mass is 282 g/mol. The van der Waals surface area contributed by atoms with Crippen LogP contribution in [0, 0.1) is 0 Å². The van der Waals surface area contributed by atoms with Gasteiger partial charge in [-0.2, -0.15) is 8.42 Å². The summed E-state index contributed by atoms with van der Waals surface area (Å²) in [4.78, 5) is 10.0. The number of carbonyl (C=O) groups excluding carboxylic acids is 1. The minimum absolute atomic E-state index is 0.337. The molecule has 0 saturated heterocycles. The van der Waals surface area contributed by atoms with Crippen molar-refractivity contribution in [1.82, 2.24) is 3.71 Å². The molecule has 0 atom stereocenters. The average molecular weight is 282 g/mol. The van der Waals surface area contributed by atoms with Gasteiger partial charge in [0.05, 0.1) is 6.26 Å². The lowest BCUT2D eigenvalue weighted by molar-refractivity contribution is 0.330. The van der Waals surface area contributed by atoms with E-state index in [4.69, 9.17) is 0 Å². The quantitative estimate of drug-likeness (QED) is 0.540. The number of hydrogen-bond acceptors (Lipinski definition) is 5. The van der Waals surface area contributed by atoms with E-state index in [0.29, 0.717) is 16.6 Å². The normalized spacial score (nSPS) is 18.9. The summed E-state index contributed by atoms with van der Waals surface area (Å²) in [6, 6.07) is -0.638. The van der Waals surface area contributed by atoms with Crippen LogP contribution < -0.4 is 0 Å². The van der Waals surface area contributed by atoms with E-state index in [9.17, 15) is 21.6 Å². The van der Waals surface area contributed by atoms with Gasteiger partial charge in [-0.15, -0.1) is 0 Å². The van der Waals surface area contributed by atoms with Crippen molar-refractivity contribution in [2.24, 2.45) is 4.40 Å². The molecule has 0 aliphatic heterocycles. The molecule has 9 heteroatoms. The summed E-state index contributed by atoms with van der Waals surface area (Å²) >= 11 is 0. The molecule has 1 aliphatic carbocycles. The standard InChI is InChI=1S/C8H14N2O5S2/c1-16(12,13)10(17(14,15)9-7-11)8-5-3-2-4-6-8/h8H,2-6H2,1H3. The van der Waals surface area contributed by atoms with Crippen LogP contribution in [-0.2, 0) is 25.0 Å². The van der Waals surface area contributed by atoms with Crippen LogP contribution in [0.1, 0.15) is 32.1 Å². The van der Waals surface area contributed by atoms with Crippen molar-refractivity contribution in [2.45, 2.75) is 38.1 Å². The summed E-state index contributed by atoms with van der Waals surface area (Å²) in [5, 5.41) is 0. The number of hydrogen-bond donors (Lipinski definition) is 0. The fourth-order valence-electron chi connectivity index (χ4n) is 2.01. The Morgan fingerprint density at radius 1 is 1.12 bits per heavy atom. The summed E-state index contributed by atoms with van der Waals surface area (Å²) in [6.45, 7) is 0. The van der Waals surface area contributed by atoms with Gasteiger partial charge in [-0.1, -0.05) is 27.4 Å². The number of rotatable bonds is 4. The van der Waals surface area contributed by atoms with Crippen LogP contribution in [0.15, 0.2) is 4.40 Å². The molecule has 98 valence electrons. The van der Waals surface area contributed by atoms with Gasteiger partial charge in [0, 0.05) is 6.04 Å². The van der Waals surface area contributed by atoms with Crippen molar-refractivity contribution in [1.29, 1.82) is 0 Å². The maximum Gasteiger partial charge on any atom is 0.346 e. The molecule has 17 heavy (non-hydrogen) atoms. The van der Waals surface area contributed by atoms with Gasteiger partial charge in [-0.25, -0.2) is 13.2 Å². The molecule has 1 saturated carbocycles. The molecule has 1 rings (SSSR count). The van der Waals surface area contributed by atoms with Crippen molar-refractivity contribution in [3.63, 3.8) is 0 Å². The molecule has 1 aliphatic rings. The van der Waals surface area contributed by atoms with Crippen LogP contribution >= 0.6 is 0 Å². The maximum absolute atomic E-state index is 11.6. The SMILES string of the molecule is CS(=O)(=O)N(C1CCCCC1)S(=O)(=O)N=C=O. The van der Waals surface area contributed by atoms with Gasteiger partial charge in [0.2, 0.25) is 10.0 Å². The first kappa shape index (κ1) is 14.3. The molecule has 0 unspecified atom stereocenters. The third-order valence-corrected chi connectivity index (χ3v) is 5.97. The van der Waals surface area contributed by atoms with Crippen LogP contribution in [0.5, 0.6) is 0 Å². The second-order valence-corrected chi connectivity index (χ2v) is 7.50. The molecule has 0 bridgehead atoms. The van der Waals surface area contributed by atoms with Crippen molar-refractivity contribution in [3.05, 3.63) is 0 Å². The first-order chi connectivity index (χ1) is 7.79. The van der Waals surface area contributed by atoms with E-state index in [2.05, 4.69) is 4.40 Å². The van der Waals surface area contributed by atoms with Crippen LogP contribution in [0.3, 0.4) is 0 Å². The number of sulfonamides is 1. The zero-order valence-corrected chi connectivity index (χ0v) is 11.0. The van der Waals surface area contributed by atoms with Gasteiger partial charge in [0.25, 0.3) is 6.08 Å². The molecule has 0 aromatic carbocycles. The molecule has 0 spiro atoms. The maximum atomic E-state index is 11.6. The number of nitrogens with zero attached hydrogens (tertiary/aromatic N) is 2. The zero-order chi connectivity index (χ0) is 13.1. The van der Waals surface area contributed by atoms with Crippen LogP contribution in [-0.4, -0.2) is 38.9 Å². The average Bonchev–Trinajstić information content (AvgIpc) is 2.16. The molecule has 0 N–H and O–H groups in total. The fraction of sp³-hybridized carbons (Fsp3) is 0.875. The second kappa shape index (κ2) is 5.26. The first-order valence-electron chi connectivity index (χ1n) is 5.13. The Kier molecular flexibility index (Phi) is 4.42. The predicted molar refractivity (Wildman–Crippen MR) is 60.6 cm³/mol.